The fourth-order valence-electron chi connectivity index (χ4n) is 4.33. The number of nitrogens with zero attached hydrogens (tertiary/aromatic N) is 5. The Balaban J connectivity index is 1.55. The van der Waals surface area contributed by atoms with E-state index in [0.29, 0.717) is 54.9 Å². The molecule has 0 saturated carbocycles. The van der Waals surface area contributed by atoms with Gasteiger partial charge in [-0.05, 0) is 30.2 Å². The minimum absolute atomic E-state index is 0.0646. The van der Waals surface area contributed by atoms with Gasteiger partial charge in [-0.1, -0.05) is 13.0 Å². The van der Waals surface area contributed by atoms with Gasteiger partial charge in [-0.2, -0.15) is 5.10 Å². The summed E-state index contributed by atoms with van der Waals surface area (Å²) in [4.78, 5) is 15.6. The van der Waals surface area contributed by atoms with Crippen molar-refractivity contribution in [3.05, 3.63) is 53.3 Å². The molecule has 11 heteroatoms. The molecule has 4 rings (SSSR count). The lowest BCUT2D eigenvalue weighted by Gasteiger charge is -2.35. The fourth-order valence-corrected chi connectivity index (χ4v) is 4.33. The monoisotopic (exact) mass is 496 g/mol. The molecular formula is C25H32N6O5. The number of carbonyl (C=O) groups is 1. The molecule has 192 valence electrons. The Labute approximate surface area is 210 Å². The second-order valence-electron chi connectivity index (χ2n) is 8.19. The van der Waals surface area contributed by atoms with Gasteiger partial charge in [0.25, 0.3) is 5.91 Å². The van der Waals surface area contributed by atoms with Crippen LogP contribution in [0.3, 0.4) is 0 Å². The number of carbonyl (C=O) groups excluding carboxylic acids is 1. The molecule has 3 heterocycles. The van der Waals surface area contributed by atoms with Crippen LogP contribution < -0.4 is 19.5 Å². The number of benzene rings is 1. The molecule has 1 aromatic carbocycles. The van der Waals surface area contributed by atoms with E-state index in [9.17, 15) is 4.79 Å². The van der Waals surface area contributed by atoms with Crippen molar-refractivity contribution in [1.29, 1.82) is 0 Å². The number of aromatic nitrogens is 4. The SMILES string of the molecule is CCc1c(C(=O)NCC(c2ccc(OC)c(OC)c2)N2CCOCC2)cnn1-c1ccc(OC)nn1. The van der Waals surface area contributed by atoms with Crippen molar-refractivity contribution >= 4 is 5.91 Å². The van der Waals surface area contributed by atoms with Gasteiger partial charge in [0.15, 0.2) is 17.3 Å². The number of morpholine rings is 1. The highest BCUT2D eigenvalue weighted by atomic mass is 16.5. The molecule has 0 bridgehead atoms. The van der Waals surface area contributed by atoms with E-state index in [-0.39, 0.29) is 11.9 Å². The second kappa shape index (κ2) is 11.8. The standard InChI is InChI=1S/C25H32N6O5/c1-5-19-18(15-27-31(19)23-8-9-24(35-4)29-28-23)25(32)26-16-20(30-10-12-36-13-11-30)17-6-7-21(33-2)22(14-17)34-3/h6-9,14-15,20H,5,10-13,16H2,1-4H3,(H,26,32). The molecule has 0 aliphatic carbocycles. The number of hydrogen-bond donors (Lipinski definition) is 1. The van der Waals surface area contributed by atoms with Crippen molar-refractivity contribution in [2.24, 2.45) is 0 Å². The van der Waals surface area contributed by atoms with Gasteiger partial charge in [0.1, 0.15) is 0 Å². The van der Waals surface area contributed by atoms with Gasteiger partial charge in [-0.25, -0.2) is 4.68 Å². The average Bonchev–Trinajstić information content (AvgIpc) is 3.38. The zero-order valence-electron chi connectivity index (χ0n) is 21.1. The molecule has 1 N–H and O–H groups in total. The second-order valence-corrected chi connectivity index (χ2v) is 8.19. The Hall–Kier alpha value is -3.70. The normalized spacial score (nSPS) is 14.8. The summed E-state index contributed by atoms with van der Waals surface area (Å²) in [7, 11) is 4.76. The summed E-state index contributed by atoms with van der Waals surface area (Å²) in [6.45, 7) is 5.21. The fraction of sp³-hybridized carbons (Fsp3) is 0.440. The minimum Gasteiger partial charge on any atom is -0.493 e. The van der Waals surface area contributed by atoms with E-state index < -0.39 is 0 Å². The van der Waals surface area contributed by atoms with E-state index in [4.69, 9.17) is 18.9 Å². The number of rotatable bonds is 10. The van der Waals surface area contributed by atoms with E-state index in [1.165, 1.54) is 7.11 Å². The van der Waals surface area contributed by atoms with E-state index in [1.807, 2.05) is 25.1 Å². The Morgan fingerprint density at radius 1 is 1.06 bits per heavy atom. The Bertz CT molecular complexity index is 1160. The van der Waals surface area contributed by atoms with E-state index >= 15 is 0 Å². The van der Waals surface area contributed by atoms with Crippen LogP contribution in [-0.4, -0.2) is 85.0 Å². The van der Waals surface area contributed by atoms with Gasteiger partial charge in [0.05, 0.1) is 58.0 Å². The van der Waals surface area contributed by atoms with Gasteiger partial charge in [-0.3, -0.25) is 9.69 Å². The molecule has 36 heavy (non-hydrogen) atoms. The van der Waals surface area contributed by atoms with Crippen LogP contribution in [0.25, 0.3) is 5.82 Å². The molecular weight excluding hydrogens is 464 g/mol. The van der Waals surface area contributed by atoms with Crippen LogP contribution in [0.4, 0.5) is 0 Å². The molecule has 3 aromatic rings. The third-order valence-electron chi connectivity index (χ3n) is 6.24. The largest absolute Gasteiger partial charge is 0.493 e. The number of ether oxygens (including phenoxy) is 4. The number of methoxy groups -OCH3 is 3. The zero-order valence-corrected chi connectivity index (χ0v) is 21.1. The summed E-state index contributed by atoms with van der Waals surface area (Å²) in [5.41, 5.74) is 2.28. The molecule has 1 fully saturated rings. The van der Waals surface area contributed by atoms with Crippen LogP contribution in [0.5, 0.6) is 17.4 Å². The van der Waals surface area contributed by atoms with E-state index in [1.54, 1.807) is 37.2 Å². The third kappa shape index (κ3) is 5.42. The lowest BCUT2D eigenvalue weighted by atomic mass is 10.0. The first-order valence-electron chi connectivity index (χ1n) is 11.9. The molecule has 11 nitrogen and oxygen atoms in total. The molecule has 1 aliphatic rings. The maximum atomic E-state index is 13.3. The molecule has 0 radical (unpaired) electrons. The van der Waals surface area contributed by atoms with Crippen molar-refractivity contribution in [2.75, 3.05) is 54.2 Å². The van der Waals surface area contributed by atoms with Gasteiger partial charge < -0.3 is 24.3 Å². The van der Waals surface area contributed by atoms with Crippen LogP contribution in [0, 0.1) is 0 Å². The van der Waals surface area contributed by atoms with Crippen LogP contribution in [-0.2, 0) is 11.2 Å². The highest BCUT2D eigenvalue weighted by molar-refractivity contribution is 5.95. The first kappa shape index (κ1) is 25.4. The number of nitrogens with one attached hydrogen (secondary N) is 1. The predicted molar refractivity (Wildman–Crippen MR) is 132 cm³/mol. The maximum Gasteiger partial charge on any atom is 0.254 e. The molecule has 2 aromatic heterocycles. The third-order valence-corrected chi connectivity index (χ3v) is 6.24. The molecule has 0 spiro atoms. The minimum atomic E-state index is -0.196. The van der Waals surface area contributed by atoms with Crippen molar-refractivity contribution < 1.29 is 23.7 Å². The highest BCUT2D eigenvalue weighted by Crippen LogP contribution is 2.32. The number of amides is 1. The Morgan fingerprint density at radius 3 is 2.47 bits per heavy atom. The first-order valence-corrected chi connectivity index (χ1v) is 11.9. The maximum absolute atomic E-state index is 13.3. The van der Waals surface area contributed by atoms with Gasteiger partial charge in [0, 0.05) is 25.7 Å². The molecule has 1 saturated heterocycles. The van der Waals surface area contributed by atoms with Gasteiger partial charge in [0.2, 0.25) is 5.88 Å². The molecule has 1 amide bonds. The van der Waals surface area contributed by atoms with Crippen LogP contribution in [0.15, 0.2) is 36.5 Å². The summed E-state index contributed by atoms with van der Waals surface area (Å²) in [5.74, 6) is 2.04. The van der Waals surface area contributed by atoms with Crippen LogP contribution in [0.1, 0.15) is 34.6 Å². The molecule has 1 atom stereocenters. The first-order chi connectivity index (χ1) is 17.6. The summed E-state index contributed by atoms with van der Waals surface area (Å²) >= 11 is 0. The van der Waals surface area contributed by atoms with Crippen molar-refractivity contribution in [3.63, 3.8) is 0 Å². The topological polar surface area (TPSA) is 113 Å². The van der Waals surface area contributed by atoms with Gasteiger partial charge >= 0.3 is 0 Å². The highest BCUT2D eigenvalue weighted by Gasteiger charge is 2.26. The summed E-state index contributed by atoms with van der Waals surface area (Å²) in [6, 6.07) is 9.25. The summed E-state index contributed by atoms with van der Waals surface area (Å²) in [5, 5.41) is 15.7. The Kier molecular flexibility index (Phi) is 8.34. The van der Waals surface area contributed by atoms with E-state index in [2.05, 4.69) is 25.5 Å². The quantitative estimate of drug-likeness (QED) is 0.451. The zero-order chi connectivity index (χ0) is 25.5. The predicted octanol–water partition coefficient (Wildman–Crippen LogP) is 2.05. The molecule has 1 unspecified atom stereocenters. The summed E-state index contributed by atoms with van der Waals surface area (Å²) in [6.07, 6.45) is 2.17. The van der Waals surface area contributed by atoms with E-state index in [0.717, 1.165) is 24.3 Å². The van der Waals surface area contributed by atoms with Crippen LogP contribution >= 0.6 is 0 Å². The van der Waals surface area contributed by atoms with Crippen molar-refractivity contribution in [2.45, 2.75) is 19.4 Å². The lowest BCUT2D eigenvalue weighted by molar-refractivity contribution is 0.0162. The van der Waals surface area contributed by atoms with Crippen molar-refractivity contribution in [1.82, 2.24) is 30.2 Å². The molecule has 1 aliphatic heterocycles. The van der Waals surface area contributed by atoms with Gasteiger partial charge in [-0.15, -0.1) is 10.2 Å². The summed E-state index contributed by atoms with van der Waals surface area (Å²) < 4.78 is 23.2. The van der Waals surface area contributed by atoms with Crippen LogP contribution in [0.2, 0.25) is 0 Å². The lowest BCUT2D eigenvalue weighted by Crippen LogP contribution is -2.43. The smallest absolute Gasteiger partial charge is 0.254 e. The average molecular weight is 497 g/mol. The number of hydrogen-bond acceptors (Lipinski definition) is 9. The van der Waals surface area contributed by atoms with Crippen molar-refractivity contribution in [3.8, 4) is 23.2 Å². The Morgan fingerprint density at radius 2 is 1.83 bits per heavy atom.